The number of nitrogens with one attached hydrogen (secondary N) is 1. The molecule has 0 spiro atoms. The van der Waals surface area contributed by atoms with E-state index in [2.05, 4.69) is 52.1 Å². The highest BCUT2D eigenvalue weighted by atomic mass is 35.5. The molecule has 0 atom stereocenters. The van der Waals surface area contributed by atoms with Gasteiger partial charge in [-0.05, 0) is 61.1 Å². The lowest BCUT2D eigenvalue weighted by Crippen LogP contribution is -2.41. The van der Waals surface area contributed by atoms with Crippen molar-refractivity contribution in [2.24, 2.45) is 5.41 Å². The minimum Gasteiger partial charge on any atom is -0.489 e. The maximum Gasteiger partial charge on any atom is 0.119 e. The van der Waals surface area contributed by atoms with Crippen molar-refractivity contribution in [3.8, 4) is 5.75 Å². The van der Waals surface area contributed by atoms with Crippen LogP contribution in [0.5, 0.6) is 5.75 Å². The third-order valence-electron chi connectivity index (χ3n) is 4.06. The molecule has 2 nitrogen and oxygen atoms in total. The molecule has 0 aliphatic rings. The fourth-order valence-corrected chi connectivity index (χ4v) is 3.55. The molecule has 0 saturated heterocycles. The van der Waals surface area contributed by atoms with E-state index >= 15 is 0 Å². The van der Waals surface area contributed by atoms with Gasteiger partial charge < -0.3 is 10.1 Å². The maximum atomic E-state index is 6.03. The van der Waals surface area contributed by atoms with Crippen LogP contribution in [0.4, 0.5) is 0 Å². The summed E-state index contributed by atoms with van der Waals surface area (Å²) in [5, 5.41) is 4.76. The fourth-order valence-electron chi connectivity index (χ4n) is 3.23. The number of rotatable bonds is 7. The smallest absolute Gasteiger partial charge is 0.119 e. The number of hydrogen-bond donors (Lipinski definition) is 1. The van der Waals surface area contributed by atoms with Gasteiger partial charge in [0.2, 0.25) is 0 Å². The van der Waals surface area contributed by atoms with Crippen LogP contribution >= 0.6 is 23.2 Å². The zero-order valence-electron chi connectivity index (χ0n) is 16.3. The van der Waals surface area contributed by atoms with Crippen molar-refractivity contribution in [3.63, 3.8) is 0 Å². The van der Waals surface area contributed by atoms with E-state index in [1.165, 1.54) is 5.56 Å². The highest BCUT2D eigenvalue weighted by Gasteiger charge is 2.24. The largest absolute Gasteiger partial charge is 0.489 e. The van der Waals surface area contributed by atoms with Gasteiger partial charge in [0.15, 0.2) is 0 Å². The molecule has 0 aliphatic carbocycles. The first kappa shape index (κ1) is 21.1. The molecule has 0 amide bonds. The Labute approximate surface area is 167 Å². The van der Waals surface area contributed by atoms with E-state index in [1.807, 2.05) is 24.3 Å². The summed E-state index contributed by atoms with van der Waals surface area (Å²) in [6.07, 6.45) is 1.12. The molecule has 0 unspecified atom stereocenters. The highest BCUT2D eigenvalue weighted by molar-refractivity contribution is 6.42. The monoisotopic (exact) mass is 393 g/mol. The molecule has 0 radical (unpaired) electrons. The van der Waals surface area contributed by atoms with Gasteiger partial charge in [0.05, 0.1) is 10.0 Å². The molecule has 142 valence electrons. The molecule has 0 fully saturated rings. The van der Waals surface area contributed by atoms with Crippen molar-refractivity contribution in [1.29, 1.82) is 0 Å². The Morgan fingerprint density at radius 2 is 1.46 bits per heavy atom. The molecule has 2 rings (SSSR count). The van der Waals surface area contributed by atoms with E-state index in [-0.39, 0.29) is 5.54 Å². The van der Waals surface area contributed by atoms with Crippen LogP contribution in [0.2, 0.25) is 10.0 Å². The molecule has 0 bridgehead atoms. The van der Waals surface area contributed by atoms with E-state index in [0.29, 0.717) is 22.1 Å². The van der Waals surface area contributed by atoms with Gasteiger partial charge in [-0.1, -0.05) is 62.2 Å². The molecule has 1 N–H and O–H groups in total. The van der Waals surface area contributed by atoms with E-state index < -0.39 is 0 Å². The summed E-state index contributed by atoms with van der Waals surface area (Å²) in [6, 6.07) is 13.8. The van der Waals surface area contributed by atoms with Crippen LogP contribution in [0.1, 0.15) is 52.2 Å². The van der Waals surface area contributed by atoms with Crippen LogP contribution in [-0.2, 0) is 13.2 Å². The maximum absolute atomic E-state index is 6.03. The third-order valence-corrected chi connectivity index (χ3v) is 4.80. The Bertz CT molecular complexity index is 718. The molecular weight excluding hydrogens is 365 g/mol. The summed E-state index contributed by atoms with van der Waals surface area (Å²) >= 11 is 12.0. The lowest BCUT2D eigenvalue weighted by Gasteiger charge is -2.33. The zero-order chi connectivity index (χ0) is 19.4. The highest BCUT2D eigenvalue weighted by Crippen LogP contribution is 2.27. The lowest BCUT2D eigenvalue weighted by molar-refractivity contribution is 0.240. The summed E-state index contributed by atoms with van der Waals surface area (Å²) in [5.41, 5.74) is 2.64. The number of ether oxygens (including phenoxy) is 1. The summed E-state index contributed by atoms with van der Waals surface area (Å²) < 4.78 is 5.83. The molecule has 4 heteroatoms. The lowest BCUT2D eigenvalue weighted by atomic mass is 9.82. The van der Waals surface area contributed by atoms with Gasteiger partial charge in [-0.3, -0.25) is 0 Å². The van der Waals surface area contributed by atoms with E-state index in [9.17, 15) is 0 Å². The third kappa shape index (κ3) is 7.19. The second-order valence-corrected chi connectivity index (χ2v) is 9.47. The normalized spacial score (nSPS) is 12.3. The molecule has 2 aromatic rings. The Hall–Kier alpha value is -1.22. The first-order valence-electron chi connectivity index (χ1n) is 8.95. The Kier molecular flexibility index (Phi) is 7.01. The summed E-state index contributed by atoms with van der Waals surface area (Å²) in [7, 11) is 0. The van der Waals surface area contributed by atoms with E-state index in [1.54, 1.807) is 6.07 Å². The number of halogens is 2. The van der Waals surface area contributed by atoms with Crippen LogP contribution in [0.3, 0.4) is 0 Å². The van der Waals surface area contributed by atoms with Gasteiger partial charge in [-0.2, -0.15) is 0 Å². The van der Waals surface area contributed by atoms with E-state index in [0.717, 1.165) is 24.3 Å². The van der Waals surface area contributed by atoms with E-state index in [4.69, 9.17) is 27.9 Å². The topological polar surface area (TPSA) is 21.3 Å². The predicted molar refractivity (Wildman–Crippen MR) is 112 cm³/mol. The minimum absolute atomic E-state index is 0.0985. The van der Waals surface area contributed by atoms with Crippen LogP contribution in [0.25, 0.3) is 0 Å². The quantitative estimate of drug-likeness (QED) is 0.553. The summed E-state index contributed by atoms with van der Waals surface area (Å²) in [5.74, 6) is 0.841. The van der Waals surface area contributed by atoms with Crippen molar-refractivity contribution in [1.82, 2.24) is 5.32 Å². The fraction of sp³-hybridized carbons (Fsp3) is 0.455. The van der Waals surface area contributed by atoms with Gasteiger partial charge >= 0.3 is 0 Å². The van der Waals surface area contributed by atoms with Crippen molar-refractivity contribution in [2.45, 2.75) is 59.7 Å². The first-order chi connectivity index (χ1) is 12.0. The van der Waals surface area contributed by atoms with Gasteiger partial charge in [0.1, 0.15) is 12.4 Å². The molecule has 26 heavy (non-hydrogen) atoms. The Morgan fingerprint density at radius 3 is 2.04 bits per heavy atom. The standard InChI is InChI=1S/C22H29Cl2NO/c1-21(2,3)15-22(4,5)25-13-16-6-9-18(10-7-16)26-14-17-8-11-19(23)20(24)12-17/h6-12,25H,13-15H2,1-5H3. The zero-order valence-corrected chi connectivity index (χ0v) is 17.8. The average molecular weight is 394 g/mol. The van der Waals surface area contributed by atoms with Crippen LogP contribution in [0, 0.1) is 5.41 Å². The van der Waals surface area contributed by atoms with Gasteiger partial charge in [-0.25, -0.2) is 0 Å². The molecule has 0 saturated carbocycles. The second kappa shape index (κ2) is 8.65. The SMILES string of the molecule is CC(C)(C)CC(C)(C)NCc1ccc(OCc2ccc(Cl)c(Cl)c2)cc1. The Morgan fingerprint density at radius 1 is 0.846 bits per heavy atom. The van der Waals surface area contributed by atoms with Crippen LogP contribution < -0.4 is 10.1 Å². The summed E-state index contributed by atoms with van der Waals surface area (Å²) in [6.45, 7) is 12.6. The molecule has 0 aliphatic heterocycles. The van der Waals surface area contributed by atoms with Crippen molar-refractivity contribution >= 4 is 23.2 Å². The molecule has 0 heterocycles. The first-order valence-corrected chi connectivity index (χ1v) is 9.70. The van der Waals surface area contributed by atoms with Crippen molar-refractivity contribution in [2.75, 3.05) is 0 Å². The average Bonchev–Trinajstić information content (AvgIpc) is 2.53. The minimum atomic E-state index is 0.0985. The Balaban J connectivity index is 1.86. The summed E-state index contributed by atoms with van der Waals surface area (Å²) in [4.78, 5) is 0. The van der Waals surface area contributed by atoms with Gasteiger partial charge in [-0.15, -0.1) is 0 Å². The van der Waals surface area contributed by atoms with Crippen molar-refractivity contribution in [3.05, 3.63) is 63.6 Å². The second-order valence-electron chi connectivity index (χ2n) is 8.66. The van der Waals surface area contributed by atoms with Crippen LogP contribution in [-0.4, -0.2) is 5.54 Å². The van der Waals surface area contributed by atoms with Gasteiger partial charge in [0.25, 0.3) is 0 Å². The molecular formula is C22H29Cl2NO. The molecule has 0 aromatic heterocycles. The van der Waals surface area contributed by atoms with Crippen molar-refractivity contribution < 1.29 is 4.74 Å². The predicted octanol–water partition coefficient (Wildman–Crippen LogP) is 6.88. The van der Waals surface area contributed by atoms with Crippen LogP contribution in [0.15, 0.2) is 42.5 Å². The number of hydrogen-bond acceptors (Lipinski definition) is 2. The number of benzene rings is 2. The molecule has 2 aromatic carbocycles. The van der Waals surface area contributed by atoms with Gasteiger partial charge in [0, 0.05) is 12.1 Å².